The van der Waals surface area contributed by atoms with E-state index in [9.17, 15) is 24.5 Å². The minimum atomic E-state index is -1.28. The number of nitrogens with one attached hydrogen (secondary N) is 2. The summed E-state index contributed by atoms with van der Waals surface area (Å²) in [6.07, 6.45) is 0. The van der Waals surface area contributed by atoms with Crippen LogP contribution >= 0.6 is 11.6 Å². The summed E-state index contributed by atoms with van der Waals surface area (Å²) in [6, 6.07) is 3.15. The Hall–Kier alpha value is -2.68. The lowest BCUT2D eigenvalue weighted by atomic mass is 10.2. The number of rotatable bonds is 2. The van der Waals surface area contributed by atoms with Crippen LogP contribution in [0.3, 0.4) is 0 Å². The fraction of sp³-hybridized carbons (Fsp3) is 0. The number of nitro groups is 1. The van der Waals surface area contributed by atoms with Gasteiger partial charge in [-0.3, -0.25) is 35.3 Å². The molecule has 0 aliphatic rings. The van der Waals surface area contributed by atoms with Crippen LogP contribution in [0, 0.1) is 10.1 Å². The van der Waals surface area contributed by atoms with Gasteiger partial charge in [-0.15, -0.1) is 0 Å². The molecule has 0 aliphatic heterocycles. The van der Waals surface area contributed by atoms with Gasteiger partial charge in [-0.1, -0.05) is 11.6 Å². The van der Waals surface area contributed by atoms with Crippen LogP contribution in [0.4, 0.5) is 5.69 Å². The Bertz CT molecular complexity index is 574. The molecule has 1 aromatic rings. The highest BCUT2D eigenvalue weighted by Crippen LogP contribution is 2.22. The quantitative estimate of drug-likeness (QED) is 0.381. The van der Waals surface area contributed by atoms with Gasteiger partial charge in [-0.25, -0.2) is 0 Å². The first-order chi connectivity index (χ1) is 8.82. The SMILES string of the molecule is NC(=O)C(=O)NNC(=O)c1ccc([N+](=O)[O-])cc1Cl. The molecule has 0 saturated heterocycles. The first kappa shape index (κ1) is 14.4. The van der Waals surface area contributed by atoms with Crippen LogP contribution in [0.25, 0.3) is 0 Å². The zero-order valence-electron chi connectivity index (χ0n) is 9.18. The second-order valence-corrected chi connectivity index (χ2v) is 3.60. The molecule has 1 aromatic carbocycles. The van der Waals surface area contributed by atoms with Gasteiger partial charge in [0.15, 0.2) is 0 Å². The van der Waals surface area contributed by atoms with E-state index >= 15 is 0 Å². The van der Waals surface area contributed by atoms with Gasteiger partial charge in [-0.05, 0) is 6.07 Å². The molecular formula is C9H7ClN4O5. The third-order valence-corrected chi connectivity index (χ3v) is 2.23. The number of amides is 3. The summed E-state index contributed by atoms with van der Waals surface area (Å²) in [5.41, 5.74) is 7.85. The number of nitro benzene ring substituents is 1. The number of nitrogens with zero attached hydrogens (tertiary/aromatic N) is 1. The fourth-order valence-corrected chi connectivity index (χ4v) is 1.30. The molecule has 0 radical (unpaired) electrons. The van der Waals surface area contributed by atoms with E-state index in [2.05, 4.69) is 5.73 Å². The van der Waals surface area contributed by atoms with Crippen LogP contribution in [0.5, 0.6) is 0 Å². The number of hydrogen-bond acceptors (Lipinski definition) is 5. The first-order valence-corrected chi connectivity index (χ1v) is 5.04. The summed E-state index contributed by atoms with van der Waals surface area (Å²) < 4.78 is 0. The van der Waals surface area contributed by atoms with Crippen molar-refractivity contribution in [2.24, 2.45) is 5.73 Å². The van der Waals surface area contributed by atoms with Gasteiger partial charge in [0.25, 0.3) is 11.6 Å². The number of benzene rings is 1. The summed E-state index contributed by atoms with van der Waals surface area (Å²) in [7, 11) is 0. The van der Waals surface area contributed by atoms with E-state index in [1.54, 1.807) is 5.43 Å². The Morgan fingerprint density at radius 2 is 1.89 bits per heavy atom. The molecule has 3 amide bonds. The molecule has 0 saturated carbocycles. The van der Waals surface area contributed by atoms with Crippen molar-refractivity contribution in [2.45, 2.75) is 0 Å². The number of hydrogen-bond donors (Lipinski definition) is 3. The highest BCUT2D eigenvalue weighted by molar-refractivity contribution is 6.35. The van der Waals surface area contributed by atoms with Crippen molar-refractivity contribution in [3.05, 3.63) is 38.9 Å². The molecule has 19 heavy (non-hydrogen) atoms. The standard InChI is InChI=1S/C9H7ClN4O5/c10-6-3-4(14(18)19)1-2-5(6)8(16)12-13-9(17)7(11)15/h1-3H,(H2,11,15)(H,12,16)(H,13,17). The monoisotopic (exact) mass is 286 g/mol. The predicted molar refractivity (Wildman–Crippen MR) is 62.9 cm³/mol. The van der Waals surface area contributed by atoms with Crippen molar-refractivity contribution in [2.75, 3.05) is 0 Å². The number of nitrogens with two attached hydrogens (primary N) is 1. The fourth-order valence-electron chi connectivity index (χ4n) is 1.04. The number of primary amides is 1. The number of non-ortho nitro benzene ring substituents is 1. The molecule has 9 nitrogen and oxygen atoms in total. The van der Waals surface area contributed by atoms with E-state index in [0.29, 0.717) is 0 Å². The first-order valence-electron chi connectivity index (χ1n) is 4.67. The summed E-state index contributed by atoms with van der Waals surface area (Å²) >= 11 is 5.68. The Morgan fingerprint density at radius 3 is 2.37 bits per heavy atom. The zero-order chi connectivity index (χ0) is 14.6. The van der Waals surface area contributed by atoms with E-state index in [1.807, 2.05) is 5.43 Å². The van der Waals surface area contributed by atoms with Gasteiger partial charge in [-0.2, -0.15) is 0 Å². The lowest BCUT2D eigenvalue weighted by Crippen LogP contribution is -2.47. The molecule has 0 bridgehead atoms. The summed E-state index contributed by atoms with van der Waals surface area (Å²) in [5.74, 6) is -3.35. The average molecular weight is 287 g/mol. The molecule has 100 valence electrons. The number of halogens is 1. The maximum Gasteiger partial charge on any atom is 0.327 e. The van der Waals surface area contributed by atoms with Crippen LogP contribution in [-0.2, 0) is 9.59 Å². The molecule has 0 unspecified atom stereocenters. The van der Waals surface area contributed by atoms with Crippen molar-refractivity contribution >= 4 is 35.0 Å². The summed E-state index contributed by atoms with van der Waals surface area (Å²) in [6.45, 7) is 0. The summed E-state index contributed by atoms with van der Waals surface area (Å²) in [4.78, 5) is 42.5. The lowest BCUT2D eigenvalue weighted by Gasteiger charge is -2.06. The highest BCUT2D eigenvalue weighted by Gasteiger charge is 2.16. The third kappa shape index (κ3) is 3.64. The summed E-state index contributed by atoms with van der Waals surface area (Å²) in [5, 5.41) is 10.3. The smallest absolute Gasteiger partial charge is 0.327 e. The Labute approximate surface area is 110 Å². The minimum Gasteiger partial charge on any atom is -0.361 e. The second kappa shape index (κ2) is 5.78. The predicted octanol–water partition coefficient (Wildman–Crippen LogP) is -0.505. The van der Waals surface area contributed by atoms with Crippen molar-refractivity contribution in [3.63, 3.8) is 0 Å². The van der Waals surface area contributed by atoms with Gasteiger partial charge < -0.3 is 5.73 Å². The molecule has 0 aromatic heterocycles. The normalized spacial score (nSPS) is 9.53. The van der Waals surface area contributed by atoms with Crippen LogP contribution in [0.1, 0.15) is 10.4 Å². The lowest BCUT2D eigenvalue weighted by molar-refractivity contribution is -0.384. The van der Waals surface area contributed by atoms with E-state index in [4.69, 9.17) is 11.6 Å². The van der Waals surface area contributed by atoms with E-state index in [-0.39, 0.29) is 16.3 Å². The molecule has 0 atom stereocenters. The third-order valence-electron chi connectivity index (χ3n) is 1.92. The molecule has 0 heterocycles. The Balaban J connectivity index is 2.81. The van der Waals surface area contributed by atoms with Crippen molar-refractivity contribution < 1.29 is 19.3 Å². The van der Waals surface area contributed by atoms with E-state index in [1.165, 1.54) is 0 Å². The molecule has 4 N–H and O–H groups in total. The Morgan fingerprint density at radius 1 is 1.26 bits per heavy atom. The van der Waals surface area contributed by atoms with Crippen LogP contribution in [-0.4, -0.2) is 22.6 Å². The van der Waals surface area contributed by atoms with E-state index in [0.717, 1.165) is 18.2 Å². The molecular weight excluding hydrogens is 280 g/mol. The van der Waals surface area contributed by atoms with Gasteiger partial charge in [0.1, 0.15) is 0 Å². The average Bonchev–Trinajstić information content (AvgIpc) is 2.34. The zero-order valence-corrected chi connectivity index (χ0v) is 9.93. The Kier molecular flexibility index (Phi) is 4.37. The highest BCUT2D eigenvalue weighted by atomic mass is 35.5. The molecule has 0 fully saturated rings. The van der Waals surface area contributed by atoms with Crippen LogP contribution in [0.15, 0.2) is 18.2 Å². The molecule has 10 heteroatoms. The maximum absolute atomic E-state index is 11.5. The van der Waals surface area contributed by atoms with Gasteiger partial charge >= 0.3 is 11.8 Å². The molecule has 0 aliphatic carbocycles. The largest absolute Gasteiger partial charge is 0.361 e. The van der Waals surface area contributed by atoms with Crippen molar-refractivity contribution in [1.82, 2.24) is 10.9 Å². The van der Waals surface area contributed by atoms with Gasteiger partial charge in [0, 0.05) is 12.1 Å². The topological polar surface area (TPSA) is 144 Å². The second-order valence-electron chi connectivity index (χ2n) is 3.19. The van der Waals surface area contributed by atoms with E-state index < -0.39 is 22.6 Å². The number of carbonyl (C=O) groups is 3. The minimum absolute atomic E-state index is 0.114. The number of carbonyl (C=O) groups excluding carboxylic acids is 3. The van der Waals surface area contributed by atoms with Gasteiger partial charge in [0.05, 0.1) is 15.5 Å². The maximum atomic E-state index is 11.5. The van der Waals surface area contributed by atoms with Crippen molar-refractivity contribution in [1.29, 1.82) is 0 Å². The molecule has 0 spiro atoms. The molecule has 1 rings (SSSR count). The number of hydrazine groups is 1. The van der Waals surface area contributed by atoms with Crippen molar-refractivity contribution in [3.8, 4) is 0 Å². The van der Waals surface area contributed by atoms with Gasteiger partial charge in [0.2, 0.25) is 0 Å². The van der Waals surface area contributed by atoms with Crippen LogP contribution in [0.2, 0.25) is 5.02 Å². The van der Waals surface area contributed by atoms with Crippen LogP contribution < -0.4 is 16.6 Å².